The van der Waals surface area contributed by atoms with Crippen LogP contribution in [-0.4, -0.2) is 45.0 Å². The topological polar surface area (TPSA) is 50.2 Å². The number of fused-ring (bicyclic) bond motifs is 3. The lowest BCUT2D eigenvalue weighted by Crippen LogP contribution is -2.65. The van der Waals surface area contributed by atoms with Crippen LogP contribution >= 0.6 is 0 Å². The molecule has 1 N–H and O–H groups in total. The largest absolute Gasteiger partial charge is 0.347 e. The second-order valence-corrected chi connectivity index (χ2v) is 7.44. The maximum atomic E-state index is 12.8. The van der Waals surface area contributed by atoms with Crippen LogP contribution in [0, 0.1) is 5.92 Å². The molecular formula is C18H22N4O. The van der Waals surface area contributed by atoms with E-state index in [-0.39, 0.29) is 11.4 Å². The van der Waals surface area contributed by atoms with Gasteiger partial charge in [-0.15, -0.1) is 0 Å². The molecule has 1 aromatic heterocycles. The predicted octanol–water partition coefficient (Wildman–Crippen LogP) is 1.93. The molecule has 1 spiro atoms. The molecule has 5 nitrogen and oxygen atoms in total. The molecule has 6 rings (SSSR count). The highest BCUT2D eigenvalue weighted by atomic mass is 16.1. The van der Waals surface area contributed by atoms with Crippen LogP contribution in [0.4, 0.5) is 0 Å². The quantitative estimate of drug-likeness (QED) is 0.922. The fraction of sp³-hybridized carbons (Fsp3) is 0.556. The number of hydrogen-bond donors (Lipinski definition) is 1. The number of rotatable bonds is 2. The van der Waals surface area contributed by atoms with Gasteiger partial charge >= 0.3 is 0 Å². The highest BCUT2D eigenvalue weighted by Crippen LogP contribution is 2.53. The molecule has 3 aliphatic heterocycles. The van der Waals surface area contributed by atoms with Crippen LogP contribution in [-0.2, 0) is 7.05 Å². The zero-order valence-corrected chi connectivity index (χ0v) is 13.5. The van der Waals surface area contributed by atoms with Crippen molar-refractivity contribution in [3.8, 4) is 0 Å². The summed E-state index contributed by atoms with van der Waals surface area (Å²) in [6, 6.07) is 6.12. The molecule has 4 fully saturated rings. The normalized spacial score (nSPS) is 30.7. The number of nitrogens with one attached hydrogen (secondary N) is 1. The summed E-state index contributed by atoms with van der Waals surface area (Å²) >= 11 is 0. The highest BCUT2D eigenvalue weighted by molar-refractivity contribution is 5.97. The molecule has 4 heterocycles. The van der Waals surface area contributed by atoms with Crippen molar-refractivity contribution in [2.24, 2.45) is 13.0 Å². The summed E-state index contributed by atoms with van der Waals surface area (Å²) in [4.78, 5) is 19.8. The van der Waals surface area contributed by atoms with Gasteiger partial charge in [0.2, 0.25) is 0 Å². The van der Waals surface area contributed by atoms with Crippen molar-refractivity contribution in [1.82, 2.24) is 19.8 Å². The first-order valence-corrected chi connectivity index (χ1v) is 8.64. The third-order valence-electron chi connectivity index (χ3n) is 6.26. The molecule has 1 aliphatic carbocycles. The third-order valence-corrected chi connectivity index (χ3v) is 6.26. The third kappa shape index (κ3) is 1.89. The zero-order valence-electron chi connectivity index (χ0n) is 13.5. The summed E-state index contributed by atoms with van der Waals surface area (Å²) in [5.74, 6) is 0.727. The summed E-state index contributed by atoms with van der Waals surface area (Å²) in [5, 5.41) is 3.39. The monoisotopic (exact) mass is 310 g/mol. The minimum atomic E-state index is 0.0677. The number of benzene rings is 1. The van der Waals surface area contributed by atoms with Gasteiger partial charge in [0.05, 0.1) is 23.4 Å². The number of carbonyl (C=O) groups excluding carboxylic acids is 1. The van der Waals surface area contributed by atoms with Crippen LogP contribution in [0.1, 0.15) is 36.0 Å². The number of piperidine rings is 3. The molecule has 5 heteroatoms. The molecule has 3 saturated heterocycles. The van der Waals surface area contributed by atoms with Crippen LogP contribution < -0.4 is 5.32 Å². The first-order valence-electron chi connectivity index (χ1n) is 8.64. The number of imidazole rings is 1. The molecule has 0 unspecified atom stereocenters. The van der Waals surface area contributed by atoms with Crippen molar-refractivity contribution in [3.05, 3.63) is 30.1 Å². The SMILES string of the molecule is Cn1cnc2ccc(C(=O)N[C@H]3C4CCN(CC4)C34CC4)cc21. The van der Waals surface area contributed by atoms with Crippen LogP contribution in [0.25, 0.3) is 11.0 Å². The van der Waals surface area contributed by atoms with E-state index in [1.807, 2.05) is 29.8 Å². The Morgan fingerprint density at radius 3 is 2.83 bits per heavy atom. The van der Waals surface area contributed by atoms with Crippen LogP contribution in [0.2, 0.25) is 0 Å². The Bertz CT molecular complexity index is 783. The van der Waals surface area contributed by atoms with Gasteiger partial charge < -0.3 is 9.88 Å². The van der Waals surface area contributed by atoms with Gasteiger partial charge in [-0.2, -0.15) is 0 Å². The summed E-state index contributed by atoms with van der Waals surface area (Å²) in [6.45, 7) is 2.44. The minimum Gasteiger partial charge on any atom is -0.347 e. The second-order valence-electron chi connectivity index (χ2n) is 7.44. The average molecular weight is 310 g/mol. The molecular weight excluding hydrogens is 288 g/mol. The lowest BCUT2D eigenvalue weighted by atomic mass is 9.77. The Balaban J connectivity index is 1.43. The standard InChI is InChI=1S/C18H22N4O/c1-21-11-19-14-3-2-13(10-15(14)21)17(23)20-16-12-4-8-22(9-5-12)18(16)6-7-18/h2-3,10-12,16H,4-9H2,1H3,(H,20,23)/t16-/m0/s1. The summed E-state index contributed by atoms with van der Waals surface area (Å²) in [7, 11) is 1.96. The minimum absolute atomic E-state index is 0.0677. The molecule has 1 atom stereocenters. The number of amides is 1. The van der Waals surface area contributed by atoms with E-state index in [0.29, 0.717) is 12.0 Å². The Hall–Kier alpha value is -1.88. The highest BCUT2D eigenvalue weighted by Gasteiger charge is 2.60. The number of carbonyl (C=O) groups is 1. The van der Waals surface area contributed by atoms with E-state index < -0.39 is 0 Å². The zero-order chi connectivity index (χ0) is 15.6. The van der Waals surface area contributed by atoms with E-state index >= 15 is 0 Å². The van der Waals surface area contributed by atoms with Crippen molar-refractivity contribution in [1.29, 1.82) is 0 Å². The first kappa shape index (κ1) is 13.5. The van der Waals surface area contributed by atoms with Crippen molar-refractivity contribution < 1.29 is 4.79 Å². The van der Waals surface area contributed by atoms with Gasteiger partial charge in [0, 0.05) is 18.2 Å². The van der Waals surface area contributed by atoms with Crippen molar-refractivity contribution in [2.45, 2.75) is 37.3 Å². The fourth-order valence-electron chi connectivity index (χ4n) is 4.81. The molecule has 1 aromatic carbocycles. The fourth-order valence-corrected chi connectivity index (χ4v) is 4.81. The lowest BCUT2D eigenvalue weighted by Gasteiger charge is -2.52. The summed E-state index contributed by atoms with van der Waals surface area (Å²) in [5.41, 5.74) is 2.97. The molecule has 1 saturated carbocycles. The smallest absolute Gasteiger partial charge is 0.251 e. The molecule has 0 radical (unpaired) electrons. The molecule has 4 aliphatic rings. The van der Waals surface area contributed by atoms with Gasteiger partial charge in [-0.1, -0.05) is 0 Å². The van der Waals surface area contributed by atoms with Crippen molar-refractivity contribution >= 4 is 16.9 Å². The van der Waals surface area contributed by atoms with E-state index in [1.54, 1.807) is 6.33 Å². The second kappa shape index (κ2) is 4.57. The Labute approximate surface area is 135 Å². The van der Waals surface area contributed by atoms with E-state index in [2.05, 4.69) is 15.2 Å². The first-order chi connectivity index (χ1) is 11.2. The number of nitrogens with zero attached hydrogens (tertiary/aromatic N) is 3. The van der Waals surface area contributed by atoms with Crippen molar-refractivity contribution in [3.63, 3.8) is 0 Å². The molecule has 120 valence electrons. The maximum Gasteiger partial charge on any atom is 0.251 e. The van der Waals surface area contributed by atoms with E-state index in [0.717, 1.165) is 16.6 Å². The van der Waals surface area contributed by atoms with E-state index in [9.17, 15) is 4.79 Å². The number of aromatic nitrogens is 2. The summed E-state index contributed by atoms with van der Waals surface area (Å²) in [6.07, 6.45) is 6.74. The molecule has 2 bridgehead atoms. The van der Waals surface area contributed by atoms with Crippen molar-refractivity contribution in [2.75, 3.05) is 13.1 Å². The Morgan fingerprint density at radius 1 is 1.30 bits per heavy atom. The average Bonchev–Trinajstić information content (AvgIpc) is 3.28. The maximum absolute atomic E-state index is 12.8. The van der Waals surface area contributed by atoms with E-state index in [1.165, 1.54) is 38.8 Å². The molecule has 23 heavy (non-hydrogen) atoms. The molecule has 2 aromatic rings. The van der Waals surface area contributed by atoms with Gasteiger partial charge in [-0.25, -0.2) is 4.98 Å². The van der Waals surface area contributed by atoms with Crippen LogP contribution in [0.5, 0.6) is 0 Å². The number of hydrogen-bond acceptors (Lipinski definition) is 3. The van der Waals surface area contributed by atoms with Crippen LogP contribution in [0.3, 0.4) is 0 Å². The Kier molecular flexibility index (Phi) is 2.69. The summed E-state index contributed by atoms with van der Waals surface area (Å²) < 4.78 is 1.96. The van der Waals surface area contributed by atoms with Gasteiger partial charge in [-0.05, 0) is 62.9 Å². The van der Waals surface area contributed by atoms with Gasteiger partial charge in [0.1, 0.15) is 0 Å². The van der Waals surface area contributed by atoms with Gasteiger partial charge in [0.25, 0.3) is 5.91 Å². The lowest BCUT2D eigenvalue weighted by molar-refractivity contribution is -0.00144. The van der Waals surface area contributed by atoms with E-state index in [4.69, 9.17) is 0 Å². The van der Waals surface area contributed by atoms with Gasteiger partial charge in [-0.3, -0.25) is 9.69 Å². The number of aryl methyl sites for hydroxylation is 1. The molecule has 1 amide bonds. The van der Waals surface area contributed by atoms with Crippen LogP contribution in [0.15, 0.2) is 24.5 Å². The predicted molar refractivity (Wildman–Crippen MR) is 88.2 cm³/mol. The Morgan fingerprint density at radius 2 is 2.09 bits per heavy atom. The van der Waals surface area contributed by atoms with Gasteiger partial charge in [0.15, 0.2) is 0 Å².